The van der Waals surface area contributed by atoms with Gasteiger partial charge in [-0.1, -0.05) is 24.3 Å². The fraction of sp³-hybridized carbons (Fsp3) is 0.450. The minimum Gasteiger partial charge on any atom is -0.496 e. The SMILES string of the molecule is CCNC(=NCC(c1cccs1)N(C)C)NCCc1ccccc1OC. The Hall–Kier alpha value is -2.05. The van der Waals surface area contributed by atoms with E-state index in [0.29, 0.717) is 6.04 Å². The summed E-state index contributed by atoms with van der Waals surface area (Å²) in [6, 6.07) is 12.7. The summed E-state index contributed by atoms with van der Waals surface area (Å²) in [4.78, 5) is 8.35. The maximum absolute atomic E-state index is 5.42. The quantitative estimate of drug-likeness (QED) is 0.523. The van der Waals surface area contributed by atoms with Gasteiger partial charge in [0.1, 0.15) is 5.75 Å². The number of methoxy groups -OCH3 is 1. The van der Waals surface area contributed by atoms with Gasteiger partial charge >= 0.3 is 0 Å². The van der Waals surface area contributed by atoms with E-state index in [1.807, 2.05) is 18.2 Å². The Bertz CT molecular complexity index is 670. The summed E-state index contributed by atoms with van der Waals surface area (Å²) in [5, 5.41) is 8.88. The van der Waals surface area contributed by atoms with Crippen LogP contribution < -0.4 is 15.4 Å². The summed E-state index contributed by atoms with van der Waals surface area (Å²) >= 11 is 1.78. The third kappa shape index (κ3) is 6.04. The molecule has 1 aromatic carbocycles. The highest BCUT2D eigenvalue weighted by molar-refractivity contribution is 7.10. The van der Waals surface area contributed by atoms with Crippen LogP contribution in [0.1, 0.15) is 23.4 Å². The molecule has 1 aromatic heterocycles. The van der Waals surface area contributed by atoms with Crippen molar-refractivity contribution in [1.82, 2.24) is 15.5 Å². The van der Waals surface area contributed by atoms with Crippen LogP contribution in [0.2, 0.25) is 0 Å². The number of rotatable bonds is 9. The standard InChI is InChI=1S/C20H30N4OS/c1-5-21-20(22-13-12-16-9-6-7-10-18(16)25-4)23-15-17(24(2)3)19-11-8-14-26-19/h6-11,14,17H,5,12-13,15H2,1-4H3,(H2,21,22,23). The zero-order valence-corrected chi connectivity index (χ0v) is 17.0. The number of nitrogens with zero attached hydrogens (tertiary/aromatic N) is 2. The lowest BCUT2D eigenvalue weighted by atomic mass is 10.1. The molecule has 0 saturated carbocycles. The lowest BCUT2D eigenvalue weighted by Crippen LogP contribution is -2.39. The van der Waals surface area contributed by atoms with Gasteiger partial charge in [-0.25, -0.2) is 0 Å². The molecule has 1 unspecified atom stereocenters. The van der Waals surface area contributed by atoms with Gasteiger partial charge in [-0.15, -0.1) is 11.3 Å². The molecule has 2 aromatic rings. The van der Waals surface area contributed by atoms with Crippen molar-refractivity contribution in [3.63, 3.8) is 0 Å². The van der Waals surface area contributed by atoms with Crippen molar-refractivity contribution in [2.24, 2.45) is 4.99 Å². The van der Waals surface area contributed by atoms with Gasteiger partial charge in [-0.3, -0.25) is 4.99 Å². The number of nitrogens with one attached hydrogen (secondary N) is 2. The molecule has 2 rings (SSSR count). The Labute approximate surface area is 161 Å². The highest BCUT2D eigenvalue weighted by Crippen LogP contribution is 2.23. The molecule has 26 heavy (non-hydrogen) atoms. The van der Waals surface area contributed by atoms with Gasteiger partial charge < -0.3 is 20.3 Å². The zero-order valence-electron chi connectivity index (χ0n) is 16.2. The molecule has 0 aliphatic rings. The zero-order chi connectivity index (χ0) is 18.8. The van der Waals surface area contributed by atoms with E-state index < -0.39 is 0 Å². The van der Waals surface area contributed by atoms with Crippen LogP contribution in [0.25, 0.3) is 0 Å². The molecule has 0 spiro atoms. The van der Waals surface area contributed by atoms with Crippen LogP contribution in [-0.2, 0) is 6.42 Å². The Morgan fingerprint density at radius 1 is 1.19 bits per heavy atom. The van der Waals surface area contributed by atoms with Crippen LogP contribution in [0.4, 0.5) is 0 Å². The first kappa shape index (κ1) is 20.3. The predicted molar refractivity (Wildman–Crippen MR) is 111 cm³/mol. The van der Waals surface area contributed by atoms with Gasteiger partial charge in [0.25, 0.3) is 0 Å². The summed E-state index contributed by atoms with van der Waals surface area (Å²) in [7, 11) is 5.91. The maximum Gasteiger partial charge on any atom is 0.191 e. The van der Waals surface area contributed by atoms with Gasteiger partial charge in [0.05, 0.1) is 19.7 Å². The number of thiophene rings is 1. The first-order chi connectivity index (χ1) is 12.7. The van der Waals surface area contributed by atoms with Crippen LogP contribution in [-0.4, -0.2) is 51.7 Å². The summed E-state index contributed by atoms with van der Waals surface area (Å²) < 4.78 is 5.42. The first-order valence-corrected chi connectivity index (χ1v) is 9.87. The monoisotopic (exact) mass is 374 g/mol. The number of aliphatic imine (C=N–C) groups is 1. The average Bonchev–Trinajstić information content (AvgIpc) is 3.16. The van der Waals surface area contributed by atoms with Crippen molar-refractivity contribution in [3.05, 3.63) is 52.2 Å². The molecule has 0 amide bonds. The molecule has 2 N–H and O–H groups in total. The topological polar surface area (TPSA) is 48.9 Å². The number of hydrogen-bond donors (Lipinski definition) is 2. The number of ether oxygens (including phenoxy) is 1. The van der Waals surface area contributed by atoms with Crippen molar-refractivity contribution < 1.29 is 4.74 Å². The minimum absolute atomic E-state index is 0.291. The van der Waals surface area contributed by atoms with Gasteiger partial charge in [0.2, 0.25) is 0 Å². The molecule has 0 fully saturated rings. The average molecular weight is 375 g/mol. The van der Waals surface area contributed by atoms with Crippen LogP contribution >= 0.6 is 11.3 Å². The molecule has 1 atom stereocenters. The molecular formula is C20H30N4OS. The Kier molecular flexibility index (Phi) is 8.44. The van der Waals surface area contributed by atoms with Crippen molar-refractivity contribution in [3.8, 4) is 5.75 Å². The molecule has 0 aliphatic carbocycles. The number of benzene rings is 1. The third-order valence-electron chi connectivity index (χ3n) is 4.14. The molecule has 1 heterocycles. The number of likely N-dealkylation sites (N-methyl/N-ethyl adjacent to an activating group) is 1. The maximum atomic E-state index is 5.42. The molecule has 0 radical (unpaired) electrons. The third-order valence-corrected chi connectivity index (χ3v) is 5.11. The van der Waals surface area contributed by atoms with E-state index in [9.17, 15) is 0 Å². The fourth-order valence-corrected chi connectivity index (χ4v) is 3.65. The van der Waals surface area contributed by atoms with Crippen molar-refractivity contribution in [2.45, 2.75) is 19.4 Å². The fourth-order valence-electron chi connectivity index (χ4n) is 2.73. The van der Waals surface area contributed by atoms with Crippen LogP contribution in [0.15, 0.2) is 46.8 Å². The molecule has 0 saturated heterocycles. The van der Waals surface area contributed by atoms with E-state index >= 15 is 0 Å². The highest BCUT2D eigenvalue weighted by atomic mass is 32.1. The van der Waals surface area contributed by atoms with Gasteiger partial charge in [-0.2, -0.15) is 0 Å². The molecule has 0 bridgehead atoms. The Balaban J connectivity index is 1.95. The first-order valence-electron chi connectivity index (χ1n) is 8.99. The largest absolute Gasteiger partial charge is 0.496 e. The van der Waals surface area contributed by atoms with Gasteiger partial charge in [0, 0.05) is 18.0 Å². The normalized spacial score (nSPS) is 12.9. The second-order valence-corrected chi connectivity index (χ2v) is 7.18. The van der Waals surface area contributed by atoms with E-state index in [1.165, 1.54) is 10.4 Å². The van der Waals surface area contributed by atoms with Crippen molar-refractivity contribution in [2.75, 3.05) is 40.8 Å². The molecule has 142 valence electrons. The van der Waals surface area contributed by atoms with Gasteiger partial charge in [0.15, 0.2) is 5.96 Å². The van der Waals surface area contributed by atoms with E-state index in [2.05, 4.69) is 60.1 Å². The number of para-hydroxylation sites is 1. The van der Waals surface area contributed by atoms with Crippen LogP contribution in [0.3, 0.4) is 0 Å². The second-order valence-electron chi connectivity index (χ2n) is 6.20. The molecule has 6 heteroatoms. The lowest BCUT2D eigenvalue weighted by Gasteiger charge is -2.22. The smallest absolute Gasteiger partial charge is 0.191 e. The molecular weight excluding hydrogens is 344 g/mol. The van der Waals surface area contributed by atoms with Gasteiger partial charge in [-0.05, 0) is 50.5 Å². The van der Waals surface area contributed by atoms with E-state index in [4.69, 9.17) is 9.73 Å². The summed E-state index contributed by atoms with van der Waals surface area (Å²) in [5.74, 6) is 1.78. The Morgan fingerprint density at radius 2 is 2.00 bits per heavy atom. The molecule has 5 nitrogen and oxygen atoms in total. The lowest BCUT2D eigenvalue weighted by molar-refractivity contribution is 0.310. The summed E-state index contributed by atoms with van der Waals surface area (Å²) in [6.07, 6.45) is 0.885. The van der Waals surface area contributed by atoms with E-state index in [0.717, 1.165) is 37.8 Å². The van der Waals surface area contributed by atoms with Crippen molar-refractivity contribution in [1.29, 1.82) is 0 Å². The van der Waals surface area contributed by atoms with E-state index in [1.54, 1.807) is 18.4 Å². The summed E-state index contributed by atoms with van der Waals surface area (Å²) in [6.45, 7) is 4.45. The van der Waals surface area contributed by atoms with E-state index in [-0.39, 0.29) is 0 Å². The van der Waals surface area contributed by atoms with Crippen LogP contribution in [0.5, 0.6) is 5.75 Å². The highest BCUT2D eigenvalue weighted by Gasteiger charge is 2.14. The Morgan fingerprint density at radius 3 is 2.65 bits per heavy atom. The number of hydrogen-bond acceptors (Lipinski definition) is 4. The minimum atomic E-state index is 0.291. The molecule has 0 aliphatic heterocycles. The number of guanidine groups is 1. The predicted octanol–water partition coefficient (Wildman–Crippen LogP) is 3.16. The van der Waals surface area contributed by atoms with Crippen LogP contribution in [0, 0.1) is 0 Å². The van der Waals surface area contributed by atoms with Crippen molar-refractivity contribution >= 4 is 17.3 Å². The second kappa shape index (κ2) is 10.8. The summed E-state index contributed by atoms with van der Waals surface area (Å²) in [5.41, 5.74) is 1.20.